The third kappa shape index (κ3) is 1.07. The van der Waals surface area contributed by atoms with Crippen molar-refractivity contribution in [2.24, 2.45) is 5.73 Å². The number of carbonyl (C=O) groups is 1. The zero-order valence-corrected chi connectivity index (χ0v) is 7.19. The molecule has 2 N–H and O–H groups in total. The highest BCUT2D eigenvalue weighted by Crippen LogP contribution is 2.10. The van der Waals surface area contributed by atoms with Crippen molar-refractivity contribution in [2.75, 3.05) is 0 Å². The molecule has 0 saturated heterocycles. The second kappa shape index (κ2) is 2.58. The van der Waals surface area contributed by atoms with Crippen molar-refractivity contribution in [3.8, 4) is 0 Å². The molecule has 66 valence electrons. The molecule has 4 heteroatoms. The Morgan fingerprint density at radius 2 is 2.31 bits per heavy atom. The first-order valence-electron chi connectivity index (χ1n) is 3.93. The molecule has 0 saturated carbocycles. The Hall–Kier alpha value is -1.84. The van der Waals surface area contributed by atoms with Crippen LogP contribution in [0.15, 0.2) is 24.4 Å². The van der Waals surface area contributed by atoms with E-state index in [1.807, 2.05) is 35.7 Å². The van der Waals surface area contributed by atoms with Gasteiger partial charge in [0.25, 0.3) is 5.91 Å². The molecule has 2 heterocycles. The van der Waals surface area contributed by atoms with Crippen molar-refractivity contribution in [1.29, 1.82) is 0 Å². The van der Waals surface area contributed by atoms with Crippen molar-refractivity contribution in [3.63, 3.8) is 0 Å². The SMILES string of the molecule is Cc1c(C(N)=O)nc2ccccn12. The fourth-order valence-corrected chi connectivity index (χ4v) is 1.35. The monoisotopic (exact) mass is 175 g/mol. The van der Waals surface area contributed by atoms with E-state index >= 15 is 0 Å². The Morgan fingerprint density at radius 1 is 1.54 bits per heavy atom. The second-order valence-electron chi connectivity index (χ2n) is 2.84. The van der Waals surface area contributed by atoms with E-state index in [0.717, 1.165) is 11.3 Å². The molecule has 0 aliphatic heterocycles. The maximum atomic E-state index is 10.9. The zero-order chi connectivity index (χ0) is 9.42. The second-order valence-corrected chi connectivity index (χ2v) is 2.84. The van der Waals surface area contributed by atoms with Gasteiger partial charge in [-0.3, -0.25) is 4.79 Å². The van der Waals surface area contributed by atoms with Crippen molar-refractivity contribution in [1.82, 2.24) is 9.38 Å². The molecular weight excluding hydrogens is 166 g/mol. The number of primary amides is 1. The minimum Gasteiger partial charge on any atom is -0.364 e. The zero-order valence-electron chi connectivity index (χ0n) is 7.19. The van der Waals surface area contributed by atoms with Gasteiger partial charge in [0.05, 0.1) is 5.69 Å². The number of aryl methyl sites for hydroxylation is 1. The van der Waals surface area contributed by atoms with Crippen LogP contribution in [-0.4, -0.2) is 15.3 Å². The summed E-state index contributed by atoms with van der Waals surface area (Å²) >= 11 is 0. The van der Waals surface area contributed by atoms with Crippen LogP contribution in [0.1, 0.15) is 16.2 Å². The van der Waals surface area contributed by atoms with Crippen molar-refractivity contribution in [3.05, 3.63) is 35.8 Å². The minimum atomic E-state index is -0.485. The quantitative estimate of drug-likeness (QED) is 0.694. The van der Waals surface area contributed by atoms with Gasteiger partial charge in [-0.15, -0.1) is 0 Å². The molecule has 0 radical (unpaired) electrons. The third-order valence-electron chi connectivity index (χ3n) is 2.00. The Bertz CT molecular complexity index is 473. The maximum absolute atomic E-state index is 10.9. The molecular formula is C9H9N3O. The lowest BCUT2D eigenvalue weighted by Crippen LogP contribution is -2.12. The number of carbonyl (C=O) groups excluding carboxylic acids is 1. The van der Waals surface area contributed by atoms with Crippen molar-refractivity contribution < 1.29 is 4.79 Å². The van der Waals surface area contributed by atoms with Gasteiger partial charge in [-0.2, -0.15) is 0 Å². The summed E-state index contributed by atoms with van der Waals surface area (Å²) in [7, 11) is 0. The van der Waals surface area contributed by atoms with Gasteiger partial charge >= 0.3 is 0 Å². The molecule has 0 unspecified atom stereocenters. The van der Waals surface area contributed by atoms with E-state index in [2.05, 4.69) is 4.98 Å². The van der Waals surface area contributed by atoms with Crippen LogP contribution < -0.4 is 5.73 Å². The highest BCUT2D eigenvalue weighted by molar-refractivity contribution is 5.92. The Labute approximate surface area is 75.0 Å². The average molecular weight is 175 g/mol. The molecule has 0 aliphatic carbocycles. The molecule has 13 heavy (non-hydrogen) atoms. The third-order valence-corrected chi connectivity index (χ3v) is 2.00. The van der Waals surface area contributed by atoms with E-state index in [4.69, 9.17) is 5.73 Å². The van der Waals surface area contributed by atoms with E-state index in [9.17, 15) is 4.79 Å². The largest absolute Gasteiger partial charge is 0.364 e. The van der Waals surface area contributed by atoms with Gasteiger partial charge in [-0.05, 0) is 19.1 Å². The number of hydrogen-bond acceptors (Lipinski definition) is 2. The van der Waals surface area contributed by atoms with Crippen molar-refractivity contribution >= 4 is 11.6 Å². The number of amides is 1. The molecule has 2 aromatic rings. The number of nitrogens with zero attached hydrogens (tertiary/aromatic N) is 2. The predicted molar refractivity (Wildman–Crippen MR) is 48.4 cm³/mol. The molecule has 0 atom stereocenters. The highest BCUT2D eigenvalue weighted by atomic mass is 16.1. The van der Waals surface area contributed by atoms with E-state index in [0.29, 0.717) is 5.69 Å². The normalized spacial score (nSPS) is 10.5. The Balaban J connectivity index is 2.81. The van der Waals surface area contributed by atoms with Crippen LogP contribution in [0.3, 0.4) is 0 Å². The first-order chi connectivity index (χ1) is 6.20. The first-order valence-corrected chi connectivity index (χ1v) is 3.93. The van der Waals surface area contributed by atoms with Crippen LogP contribution in [0.5, 0.6) is 0 Å². The van der Waals surface area contributed by atoms with E-state index in [-0.39, 0.29) is 0 Å². The van der Waals surface area contributed by atoms with E-state index in [1.54, 1.807) is 0 Å². The summed E-state index contributed by atoms with van der Waals surface area (Å²) in [4.78, 5) is 15.0. The van der Waals surface area contributed by atoms with E-state index < -0.39 is 5.91 Å². The van der Waals surface area contributed by atoms with Crippen molar-refractivity contribution in [2.45, 2.75) is 6.92 Å². The molecule has 0 spiro atoms. The summed E-state index contributed by atoms with van der Waals surface area (Å²) in [5.41, 5.74) is 7.03. The average Bonchev–Trinajstić information content (AvgIpc) is 2.45. The molecule has 0 aliphatic rings. The fourth-order valence-electron chi connectivity index (χ4n) is 1.35. The Morgan fingerprint density at radius 3 is 2.92 bits per heavy atom. The van der Waals surface area contributed by atoms with Crippen LogP contribution in [0, 0.1) is 6.92 Å². The maximum Gasteiger partial charge on any atom is 0.269 e. The highest BCUT2D eigenvalue weighted by Gasteiger charge is 2.11. The number of pyridine rings is 1. The topological polar surface area (TPSA) is 60.4 Å². The van der Waals surface area contributed by atoms with Crippen LogP contribution in [0.4, 0.5) is 0 Å². The number of imidazole rings is 1. The van der Waals surface area contributed by atoms with Crippen LogP contribution in [0.25, 0.3) is 5.65 Å². The number of aromatic nitrogens is 2. The molecule has 4 nitrogen and oxygen atoms in total. The fraction of sp³-hybridized carbons (Fsp3) is 0.111. The lowest BCUT2D eigenvalue weighted by molar-refractivity contribution is 0.0995. The molecule has 0 aromatic carbocycles. The lowest BCUT2D eigenvalue weighted by atomic mass is 10.3. The summed E-state index contributed by atoms with van der Waals surface area (Å²) in [6.07, 6.45) is 1.85. The standard InChI is InChI=1S/C9H9N3O/c1-6-8(9(10)13)11-7-4-2-3-5-12(6)7/h2-5H,1H3,(H2,10,13). The smallest absolute Gasteiger partial charge is 0.269 e. The molecule has 2 rings (SSSR count). The lowest BCUT2D eigenvalue weighted by Gasteiger charge is -1.93. The van der Waals surface area contributed by atoms with E-state index in [1.165, 1.54) is 0 Å². The molecule has 2 aromatic heterocycles. The number of hydrogen-bond donors (Lipinski definition) is 1. The summed E-state index contributed by atoms with van der Waals surface area (Å²) in [6, 6.07) is 5.58. The summed E-state index contributed by atoms with van der Waals surface area (Å²) in [5.74, 6) is -0.485. The van der Waals surface area contributed by atoms with Gasteiger partial charge in [-0.25, -0.2) is 4.98 Å². The van der Waals surface area contributed by atoms with Gasteiger partial charge in [0.2, 0.25) is 0 Å². The van der Waals surface area contributed by atoms with Gasteiger partial charge in [0, 0.05) is 6.20 Å². The molecule has 0 bridgehead atoms. The van der Waals surface area contributed by atoms with Crippen LogP contribution >= 0.6 is 0 Å². The minimum absolute atomic E-state index is 0.339. The predicted octanol–water partition coefficient (Wildman–Crippen LogP) is 0.742. The Kier molecular flexibility index (Phi) is 1.55. The van der Waals surface area contributed by atoms with Gasteiger partial charge in [-0.1, -0.05) is 6.07 Å². The number of nitrogens with two attached hydrogens (primary N) is 1. The summed E-state index contributed by atoms with van der Waals surface area (Å²) in [6.45, 7) is 1.82. The molecule has 0 fully saturated rings. The summed E-state index contributed by atoms with van der Waals surface area (Å²) in [5, 5.41) is 0. The van der Waals surface area contributed by atoms with Gasteiger partial charge < -0.3 is 10.1 Å². The number of fused-ring (bicyclic) bond motifs is 1. The van der Waals surface area contributed by atoms with Crippen LogP contribution in [-0.2, 0) is 0 Å². The van der Waals surface area contributed by atoms with Crippen LogP contribution in [0.2, 0.25) is 0 Å². The summed E-state index contributed by atoms with van der Waals surface area (Å²) < 4.78 is 1.83. The van der Waals surface area contributed by atoms with Gasteiger partial charge in [0.1, 0.15) is 11.3 Å². The molecule has 1 amide bonds. The first kappa shape index (κ1) is 7.79. The van der Waals surface area contributed by atoms with Gasteiger partial charge in [0.15, 0.2) is 0 Å². The number of rotatable bonds is 1.